The van der Waals surface area contributed by atoms with Gasteiger partial charge >= 0.3 is 0 Å². The lowest BCUT2D eigenvalue weighted by Crippen LogP contribution is -2.04. The number of rotatable bonds is 4. The molecule has 0 aliphatic heterocycles. The fourth-order valence-electron chi connectivity index (χ4n) is 1.14. The summed E-state index contributed by atoms with van der Waals surface area (Å²) in [4.78, 5) is 0. The van der Waals surface area contributed by atoms with E-state index in [-0.39, 0.29) is 5.92 Å². The van der Waals surface area contributed by atoms with Gasteiger partial charge in [-0.05, 0) is 18.9 Å². The number of alkyl halides is 1. The number of halogens is 1. The standard InChI is InChI=1S/C9H12ClN3/c1-13-9(4-5-12-13)3-2-8(6-10)7-11/h4-5,8H,2-3,6H2,1H3. The molecule has 1 aromatic heterocycles. The second-order valence-corrected chi connectivity index (χ2v) is 3.27. The van der Waals surface area contributed by atoms with Crippen molar-refractivity contribution in [2.24, 2.45) is 13.0 Å². The van der Waals surface area contributed by atoms with E-state index in [1.165, 1.54) is 0 Å². The highest BCUT2D eigenvalue weighted by atomic mass is 35.5. The van der Waals surface area contributed by atoms with Gasteiger partial charge in [0.25, 0.3) is 0 Å². The number of hydrogen-bond acceptors (Lipinski definition) is 2. The molecule has 0 bridgehead atoms. The second kappa shape index (κ2) is 4.88. The molecular weight excluding hydrogens is 186 g/mol. The van der Waals surface area contributed by atoms with Crippen molar-refractivity contribution in [2.45, 2.75) is 12.8 Å². The van der Waals surface area contributed by atoms with Crippen molar-refractivity contribution in [1.82, 2.24) is 9.78 Å². The summed E-state index contributed by atoms with van der Waals surface area (Å²) in [6.45, 7) is 0. The van der Waals surface area contributed by atoms with E-state index in [1.54, 1.807) is 6.20 Å². The van der Waals surface area contributed by atoms with Gasteiger partial charge in [-0.2, -0.15) is 10.4 Å². The molecule has 1 aromatic rings. The fraction of sp³-hybridized carbons (Fsp3) is 0.556. The predicted molar refractivity (Wildman–Crippen MR) is 51.4 cm³/mol. The van der Waals surface area contributed by atoms with Gasteiger partial charge in [0.05, 0.1) is 12.0 Å². The summed E-state index contributed by atoms with van der Waals surface area (Å²) in [6, 6.07) is 4.13. The van der Waals surface area contributed by atoms with Crippen LogP contribution in [0, 0.1) is 17.2 Å². The highest BCUT2D eigenvalue weighted by molar-refractivity contribution is 6.18. The van der Waals surface area contributed by atoms with Crippen LogP contribution < -0.4 is 0 Å². The van der Waals surface area contributed by atoms with Crippen molar-refractivity contribution in [3.05, 3.63) is 18.0 Å². The van der Waals surface area contributed by atoms with Crippen molar-refractivity contribution in [1.29, 1.82) is 5.26 Å². The molecule has 13 heavy (non-hydrogen) atoms. The minimum Gasteiger partial charge on any atom is -0.273 e. The van der Waals surface area contributed by atoms with Gasteiger partial charge in [0.15, 0.2) is 0 Å². The van der Waals surface area contributed by atoms with Gasteiger partial charge in [0.2, 0.25) is 0 Å². The monoisotopic (exact) mass is 197 g/mol. The molecule has 4 heteroatoms. The Morgan fingerprint density at radius 2 is 2.54 bits per heavy atom. The Kier molecular flexibility index (Phi) is 3.78. The summed E-state index contributed by atoms with van der Waals surface area (Å²) in [5.41, 5.74) is 1.14. The minimum atomic E-state index is -0.0448. The van der Waals surface area contributed by atoms with E-state index in [1.807, 2.05) is 17.8 Å². The molecule has 0 amide bonds. The van der Waals surface area contributed by atoms with E-state index < -0.39 is 0 Å². The number of aromatic nitrogens is 2. The van der Waals surface area contributed by atoms with Crippen LogP contribution in [0.2, 0.25) is 0 Å². The Hall–Kier alpha value is -1.01. The number of nitrogens with zero attached hydrogens (tertiary/aromatic N) is 3. The Bertz CT molecular complexity index is 300. The van der Waals surface area contributed by atoms with E-state index in [4.69, 9.17) is 16.9 Å². The Morgan fingerprint density at radius 1 is 1.77 bits per heavy atom. The van der Waals surface area contributed by atoms with E-state index >= 15 is 0 Å². The third-order valence-corrected chi connectivity index (χ3v) is 2.41. The molecule has 0 saturated heterocycles. The van der Waals surface area contributed by atoms with Crippen LogP contribution in [0.5, 0.6) is 0 Å². The highest BCUT2D eigenvalue weighted by Gasteiger charge is 2.07. The van der Waals surface area contributed by atoms with Gasteiger partial charge in [-0.25, -0.2) is 0 Å². The van der Waals surface area contributed by atoms with Crippen LogP contribution >= 0.6 is 11.6 Å². The average molecular weight is 198 g/mol. The van der Waals surface area contributed by atoms with Crippen LogP contribution in [0.3, 0.4) is 0 Å². The Balaban J connectivity index is 2.44. The van der Waals surface area contributed by atoms with Gasteiger partial charge in [0.1, 0.15) is 0 Å². The van der Waals surface area contributed by atoms with Gasteiger partial charge in [-0.1, -0.05) is 0 Å². The van der Waals surface area contributed by atoms with Crippen LogP contribution in [0.25, 0.3) is 0 Å². The average Bonchev–Trinajstić information content (AvgIpc) is 2.54. The summed E-state index contributed by atoms with van der Waals surface area (Å²) in [5.74, 6) is 0.366. The summed E-state index contributed by atoms with van der Waals surface area (Å²) in [6.07, 6.45) is 3.43. The molecule has 3 nitrogen and oxygen atoms in total. The SMILES string of the molecule is Cn1nccc1CCC(C#N)CCl. The molecule has 0 fully saturated rings. The summed E-state index contributed by atoms with van der Waals surface area (Å²) in [5, 5.41) is 12.7. The zero-order valence-electron chi connectivity index (χ0n) is 7.57. The molecule has 1 heterocycles. The molecule has 0 N–H and O–H groups in total. The molecule has 0 radical (unpaired) electrons. The number of aryl methyl sites for hydroxylation is 2. The predicted octanol–water partition coefficient (Wildman–Crippen LogP) is 1.73. The topological polar surface area (TPSA) is 41.6 Å². The fourth-order valence-corrected chi connectivity index (χ4v) is 1.37. The lowest BCUT2D eigenvalue weighted by molar-refractivity contribution is 0.622. The minimum absolute atomic E-state index is 0.0448. The molecule has 0 aliphatic rings. The van der Waals surface area contributed by atoms with Crippen LogP contribution in [-0.2, 0) is 13.5 Å². The molecule has 1 atom stereocenters. The van der Waals surface area contributed by atoms with E-state index in [9.17, 15) is 0 Å². The third-order valence-electron chi connectivity index (χ3n) is 2.04. The first-order valence-corrected chi connectivity index (χ1v) is 4.74. The third kappa shape index (κ3) is 2.74. The second-order valence-electron chi connectivity index (χ2n) is 2.97. The summed E-state index contributed by atoms with van der Waals surface area (Å²) in [7, 11) is 1.90. The maximum absolute atomic E-state index is 8.67. The van der Waals surface area contributed by atoms with Gasteiger partial charge in [-0.3, -0.25) is 4.68 Å². The summed E-state index contributed by atoms with van der Waals surface area (Å²) < 4.78 is 1.82. The molecule has 1 unspecified atom stereocenters. The first-order valence-electron chi connectivity index (χ1n) is 4.20. The van der Waals surface area contributed by atoms with Crippen molar-refractivity contribution in [2.75, 3.05) is 5.88 Å². The van der Waals surface area contributed by atoms with Crippen LogP contribution in [0.4, 0.5) is 0 Å². The molecular formula is C9H12ClN3. The normalized spacial score (nSPS) is 12.4. The zero-order valence-corrected chi connectivity index (χ0v) is 8.33. The molecule has 1 rings (SSSR count). The van der Waals surface area contributed by atoms with Gasteiger partial charge in [0, 0.05) is 24.8 Å². The largest absolute Gasteiger partial charge is 0.273 e. The number of nitriles is 1. The quantitative estimate of drug-likeness (QED) is 0.690. The Labute approximate surface area is 82.9 Å². The van der Waals surface area contributed by atoms with Crippen LogP contribution in [0.15, 0.2) is 12.3 Å². The smallest absolute Gasteiger partial charge is 0.0668 e. The van der Waals surface area contributed by atoms with Crippen molar-refractivity contribution >= 4 is 11.6 Å². The molecule has 0 spiro atoms. The first-order chi connectivity index (χ1) is 6.27. The lowest BCUT2D eigenvalue weighted by Gasteiger charge is -2.04. The maximum Gasteiger partial charge on any atom is 0.0668 e. The Morgan fingerprint density at radius 3 is 3.00 bits per heavy atom. The van der Waals surface area contributed by atoms with Crippen molar-refractivity contribution < 1.29 is 0 Å². The van der Waals surface area contributed by atoms with Gasteiger partial charge < -0.3 is 0 Å². The van der Waals surface area contributed by atoms with E-state index in [0.717, 1.165) is 18.5 Å². The van der Waals surface area contributed by atoms with Crippen molar-refractivity contribution in [3.63, 3.8) is 0 Å². The van der Waals surface area contributed by atoms with E-state index in [0.29, 0.717) is 5.88 Å². The first kappa shape index (κ1) is 10.1. The number of hydrogen-bond donors (Lipinski definition) is 0. The van der Waals surface area contributed by atoms with Crippen LogP contribution in [-0.4, -0.2) is 15.7 Å². The molecule has 70 valence electrons. The maximum atomic E-state index is 8.67. The lowest BCUT2D eigenvalue weighted by atomic mass is 10.1. The van der Waals surface area contributed by atoms with E-state index in [2.05, 4.69) is 11.2 Å². The van der Waals surface area contributed by atoms with Crippen molar-refractivity contribution in [3.8, 4) is 6.07 Å². The zero-order chi connectivity index (χ0) is 9.68. The highest BCUT2D eigenvalue weighted by Crippen LogP contribution is 2.09. The van der Waals surface area contributed by atoms with Gasteiger partial charge in [-0.15, -0.1) is 11.6 Å². The molecule has 0 saturated carbocycles. The molecule has 0 aliphatic carbocycles. The molecule has 0 aromatic carbocycles. The summed E-state index contributed by atoms with van der Waals surface area (Å²) >= 11 is 5.60. The van der Waals surface area contributed by atoms with Crippen LogP contribution in [0.1, 0.15) is 12.1 Å².